The molecule has 5 nitrogen and oxygen atoms in total. The van der Waals surface area contributed by atoms with Crippen molar-refractivity contribution in [3.63, 3.8) is 0 Å². The second-order valence-electron chi connectivity index (χ2n) is 8.43. The highest BCUT2D eigenvalue weighted by atomic mass is 16.2. The molecule has 0 spiro atoms. The standard InChI is InChI=1S/C24H30N4O/c1-16(2)27-13-12-20(15-27)26(5)24(29)21-11-10-19(14-17(21)3)28-18(4)25-22-8-6-7-9-23(22)28/h6-11,14,16,20H,12-13,15H2,1-5H3. The number of rotatable bonds is 4. The van der Waals surface area contributed by atoms with Gasteiger partial charge in [-0.25, -0.2) is 4.98 Å². The molecule has 1 aliphatic rings. The smallest absolute Gasteiger partial charge is 0.254 e. The second kappa shape index (κ2) is 7.64. The SMILES string of the molecule is Cc1cc(-n2c(C)nc3ccccc32)ccc1C(=O)N(C)C1CCN(C(C)C)C1. The predicted molar refractivity (Wildman–Crippen MR) is 118 cm³/mol. The second-order valence-corrected chi connectivity index (χ2v) is 8.43. The molecule has 1 atom stereocenters. The Hall–Kier alpha value is -2.66. The number of amides is 1. The molecule has 3 aromatic rings. The fourth-order valence-electron chi connectivity index (χ4n) is 4.41. The van der Waals surface area contributed by atoms with Crippen molar-refractivity contribution in [3.8, 4) is 5.69 Å². The van der Waals surface area contributed by atoms with Crippen molar-refractivity contribution in [2.45, 2.75) is 46.2 Å². The average Bonchev–Trinajstić information content (AvgIpc) is 3.31. The average molecular weight is 391 g/mol. The van der Waals surface area contributed by atoms with E-state index in [0.717, 1.165) is 53.2 Å². The lowest BCUT2D eigenvalue weighted by Gasteiger charge is -2.27. The minimum absolute atomic E-state index is 0.108. The van der Waals surface area contributed by atoms with E-state index in [9.17, 15) is 4.79 Å². The summed E-state index contributed by atoms with van der Waals surface area (Å²) in [6, 6.07) is 15.0. The zero-order chi connectivity index (χ0) is 20.7. The lowest BCUT2D eigenvalue weighted by atomic mass is 10.1. The van der Waals surface area contributed by atoms with Gasteiger partial charge in [0.25, 0.3) is 5.91 Å². The molecular weight excluding hydrogens is 360 g/mol. The summed E-state index contributed by atoms with van der Waals surface area (Å²) in [4.78, 5) is 22.2. The summed E-state index contributed by atoms with van der Waals surface area (Å²) in [6.07, 6.45) is 1.04. The van der Waals surface area contributed by atoms with E-state index in [1.54, 1.807) is 0 Å². The summed E-state index contributed by atoms with van der Waals surface area (Å²) in [5, 5.41) is 0. The van der Waals surface area contributed by atoms with Gasteiger partial charge in [-0.05, 0) is 70.0 Å². The third kappa shape index (κ3) is 3.55. The Labute approximate surface area is 172 Å². The number of hydrogen-bond acceptors (Lipinski definition) is 3. The van der Waals surface area contributed by atoms with Gasteiger partial charge in [-0.2, -0.15) is 0 Å². The van der Waals surface area contributed by atoms with Gasteiger partial charge in [0.05, 0.1) is 11.0 Å². The van der Waals surface area contributed by atoms with Crippen molar-refractivity contribution in [1.29, 1.82) is 0 Å². The molecular formula is C24H30N4O. The molecule has 0 aliphatic carbocycles. The maximum Gasteiger partial charge on any atom is 0.254 e. The van der Waals surface area contributed by atoms with Gasteiger partial charge in [0, 0.05) is 43.5 Å². The summed E-state index contributed by atoms with van der Waals surface area (Å²) < 4.78 is 2.15. The number of fused-ring (bicyclic) bond motifs is 1. The Kier molecular flexibility index (Phi) is 5.17. The Morgan fingerprint density at radius 1 is 1.17 bits per heavy atom. The van der Waals surface area contributed by atoms with Gasteiger partial charge in [-0.15, -0.1) is 0 Å². The lowest BCUT2D eigenvalue weighted by molar-refractivity contribution is 0.0731. The van der Waals surface area contributed by atoms with E-state index in [2.05, 4.69) is 40.4 Å². The number of para-hydroxylation sites is 2. The quantitative estimate of drug-likeness (QED) is 0.670. The zero-order valence-corrected chi connectivity index (χ0v) is 18.0. The molecule has 5 heteroatoms. The highest BCUT2D eigenvalue weighted by Crippen LogP contribution is 2.25. The summed E-state index contributed by atoms with van der Waals surface area (Å²) in [5.41, 5.74) is 4.88. The first-order chi connectivity index (χ1) is 13.9. The van der Waals surface area contributed by atoms with Crippen LogP contribution in [0.3, 0.4) is 0 Å². The van der Waals surface area contributed by atoms with Gasteiger partial charge in [-0.1, -0.05) is 12.1 Å². The van der Waals surface area contributed by atoms with Crippen LogP contribution in [-0.2, 0) is 0 Å². The van der Waals surface area contributed by atoms with Gasteiger partial charge in [0.1, 0.15) is 5.82 Å². The zero-order valence-electron chi connectivity index (χ0n) is 18.0. The van der Waals surface area contributed by atoms with E-state index >= 15 is 0 Å². The molecule has 1 aliphatic heterocycles. The van der Waals surface area contributed by atoms with Crippen LogP contribution < -0.4 is 0 Å². The summed E-state index contributed by atoms with van der Waals surface area (Å²) >= 11 is 0. The van der Waals surface area contributed by atoms with Gasteiger partial charge < -0.3 is 4.90 Å². The van der Waals surface area contributed by atoms with Gasteiger partial charge in [0.2, 0.25) is 0 Å². The van der Waals surface area contributed by atoms with Crippen LogP contribution >= 0.6 is 0 Å². The van der Waals surface area contributed by atoms with E-state index in [4.69, 9.17) is 0 Å². The molecule has 0 bridgehead atoms. The molecule has 1 fully saturated rings. The fraction of sp³-hybridized carbons (Fsp3) is 0.417. The molecule has 1 aromatic heterocycles. The van der Waals surface area contributed by atoms with E-state index in [1.165, 1.54) is 0 Å². The largest absolute Gasteiger partial charge is 0.337 e. The van der Waals surface area contributed by atoms with E-state index in [-0.39, 0.29) is 11.9 Å². The Morgan fingerprint density at radius 2 is 1.93 bits per heavy atom. The molecule has 0 saturated carbocycles. The molecule has 0 N–H and O–H groups in total. The number of imidazole rings is 1. The van der Waals surface area contributed by atoms with E-state index < -0.39 is 0 Å². The van der Waals surface area contributed by atoms with Crippen molar-refractivity contribution < 1.29 is 4.79 Å². The number of carbonyl (C=O) groups is 1. The summed E-state index contributed by atoms with van der Waals surface area (Å²) in [6.45, 7) is 10.5. The molecule has 2 aromatic carbocycles. The van der Waals surface area contributed by atoms with Crippen molar-refractivity contribution >= 4 is 16.9 Å². The number of aryl methyl sites for hydroxylation is 2. The van der Waals surface area contributed by atoms with Crippen LogP contribution in [0.1, 0.15) is 42.0 Å². The van der Waals surface area contributed by atoms with Crippen LogP contribution in [0.15, 0.2) is 42.5 Å². The molecule has 4 rings (SSSR count). The number of likely N-dealkylation sites (N-methyl/N-ethyl adjacent to an activating group) is 1. The molecule has 152 valence electrons. The molecule has 29 heavy (non-hydrogen) atoms. The van der Waals surface area contributed by atoms with Crippen molar-refractivity contribution in [2.75, 3.05) is 20.1 Å². The number of benzene rings is 2. The predicted octanol–water partition coefficient (Wildman–Crippen LogP) is 4.20. The van der Waals surface area contributed by atoms with Crippen LogP contribution in [0.5, 0.6) is 0 Å². The first-order valence-electron chi connectivity index (χ1n) is 10.4. The minimum atomic E-state index is 0.108. The summed E-state index contributed by atoms with van der Waals surface area (Å²) in [7, 11) is 1.94. The number of nitrogens with zero attached hydrogens (tertiary/aromatic N) is 4. The van der Waals surface area contributed by atoms with Gasteiger partial charge in [0.15, 0.2) is 0 Å². The van der Waals surface area contributed by atoms with Gasteiger partial charge >= 0.3 is 0 Å². The van der Waals surface area contributed by atoms with E-state index in [0.29, 0.717) is 6.04 Å². The minimum Gasteiger partial charge on any atom is -0.337 e. The van der Waals surface area contributed by atoms with Crippen LogP contribution in [0.2, 0.25) is 0 Å². The van der Waals surface area contributed by atoms with Crippen molar-refractivity contribution in [2.24, 2.45) is 0 Å². The highest BCUT2D eigenvalue weighted by Gasteiger charge is 2.30. The molecule has 1 saturated heterocycles. The Balaban J connectivity index is 1.60. The van der Waals surface area contributed by atoms with Crippen LogP contribution in [0, 0.1) is 13.8 Å². The normalized spacial score (nSPS) is 17.4. The number of aromatic nitrogens is 2. The van der Waals surface area contributed by atoms with Crippen LogP contribution in [0.4, 0.5) is 0 Å². The van der Waals surface area contributed by atoms with Crippen LogP contribution in [0.25, 0.3) is 16.7 Å². The van der Waals surface area contributed by atoms with Crippen molar-refractivity contribution in [1.82, 2.24) is 19.4 Å². The molecule has 0 radical (unpaired) electrons. The maximum absolute atomic E-state index is 13.2. The third-order valence-corrected chi connectivity index (χ3v) is 6.22. The maximum atomic E-state index is 13.2. The van der Waals surface area contributed by atoms with Gasteiger partial charge in [-0.3, -0.25) is 14.3 Å². The number of carbonyl (C=O) groups excluding carboxylic acids is 1. The van der Waals surface area contributed by atoms with Crippen LogP contribution in [-0.4, -0.2) is 57.5 Å². The van der Waals surface area contributed by atoms with Crippen molar-refractivity contribution in [3.05, 3.63) is 59.4 Å². The van der Waals surface area contributed by atoms with E-state index in [1.807, 2.05) is 56.1 Å². The molecule has 2 heterocycles. The Morgan fingerprint density at radius 3 is 2.62 bits per heavy atom. The first-order valence-corrected chi connectivity index (χ1v) is 10.4. The Bertz CT molecular complexity index is 1050. The third-order valence-electron chi connectivity index (χ3n) is 6.22. The number of likely N-dealkylation sites (tertiary alicyclic amines) is 1. The summed E-state index contributed by atoms with van der Waals surface area (Å²) in [5.74, 6) is 1.05. The number of hydrogen-bond donors (Lipinski definition) is 0. The first kappa shape index (κ1) is 19.6. The monoisotopic (exact) mass is 390 g/mol. The highest BCUT2D eigenvalue weighted by molar-refractivity contribution is 5.96. The topological polar surface area (TPSA) is 41.4 Å². The molecule has 1 amide bonds. The lowest BCUT2D eigenvalue weighted by Crippen LogP contribution is -2.40. The fourth-order valence-corrected chi connectivity index (χ4v) is 4.41. The molecule has 1 unspecified atom stereocenters.